The van der Waals surface area contributed by atoms with Crippen LogP contribution in [0.4, 0.5) is 11.4 Å². The SMILES string of the molecule is COc1cc(SSc2ncccc2[N+](=O)[O-])c(CNC(C)C(=O)N[C@@H](CCC(N)=O)C(=O)N[C@@H](CCCCNC(CC(C)C)=C2C(=O)CC(C)(C)CC2=O)C(=O)N[C@@H](Cc2ccc(O)cc2)C(=O)NC(CCCNC(=N)N)C(=O)N[C@@H](CC(=O)O)C(=O)NC(Cc2ccccc2)C(=O)N[C@@H](CC(C)C)C(=O)NC(CCCNC(=N)N)C(=O)NCC(=O)Oc2ccccc2SSc2ncccc2[N+](=O)[O-])c(OC)c1OC. The van der Waals surface area contributed by atoms with Crippen molar-refractivity contribution >= 4 is 149 Å². The fourth-order valence-corrected chi connectivity index (χ4v) is 19.4. The van der Waals surface area contributed by atoms with Gasteiger partial charge in [0.05, 0.1) is 54.1 Å². The number of allylic oxidation sites excluding steroid dienone is 2. The summed E-state index contributed by atoms with van der Waals surface area (Å²) in [7, 11) is 8.04. The molecule has 0 radical (unpaired) electrons. The first-order valence-electron chi connectivity index (χ1n) is 46.3. The van der Waals surface area contributed by atoms with Crippen LogP contribution < -0.4 is 105 Å². The number of phenols is 1. The number of para-hydroxylation sites is 1. The lowest BCUT2D eigenvalue weighted by Crippen LogP contribution is -2.61. The number of pyridine rings is 2. The lowest BCUT2D eigenvalue weighted by atomic mass is 9.73. The Kier molecular flexibility index (Phi) is 47.8. The van der Waals surface area contributed by atoms with Crippen LogP contribution in [0.15, 0.2) is 153 Å². The minimum Gasteiger partial charge on any atom is -0.508 e. The summed E-state index contributed by atoms with van der Waals surface area (Å²) in [5.74, 6) is -14.6. The predicted octanol–water partition coefficient (Wildman–Crippen LogP) is 5.52. The summed E-state index contributed by atoms with van der Waals surface area (Å²) in [6.07, 6.45) is -0.278. The number of amides is 10. The van der Waals surface area contributed by atoms with Crippen molar-refractivity contribution in [2.24, 2.45) is 34.5 Å². The lowest BCUT2D eigenvalue weighted by Gasteiger charge is -2.30. The van der Waals surface area contributed by atoms with E-state index in [0.717, 1.165) is 43.2 Å². The lowest BCUT2D eigenvalue weighted by molar-refractivity contribution is -0.388. The van der Waals surface area contributed by atoms with Crippen molar-refractivity contribution in [3.63, 3.8) is 0 Å². The van der Waals surface area contributed by atoms with Gasteiger partial charge in [-0.3, -0.25) is 93.4 Å². The van der Waals surface area contributed by atoms with Crippen LogP contribution in [0.1, 0.15) is 155 Å². The molecule has 145 heavy (non-hydrogen) atoms. The predicted molar refractivity (Wildman–Crippen MR) is 540 cm³/mol. The fraction of sp³-hybridized carbons (Fsp3) is 0.453. The van der Waals surface area contributed by atoms with Crippen LogP contribution in [0.5, 0.6) is 28.7 Å². The largest absolute Gasteiger partial charge is 0.508 e. The number of primary amides is 1. The van der Waals surface area contributed by atoms with Gasteiger partial charge in [-0.25, -0.2) is 14.8 Å². The number of carboxylic acid groups (broad SMARTS) is 1. The molecular formula is C95H126N22O24S4. The van der Waals surface area contributed by atoms with Crippen LogP contribution in [0, 0.1) is 48.3 Å². The number of esters is 1. The number of hydrogen-bond donors (Lipinski definition) is 20. The topological polar surface area (TPSA) is 711 Å². The molecule has 0 aliphatic heterocycles. The molecule has 0 bridgehead atoms. The molecule has 4 aromatic carbocycles. The molecule has 2 aromatic heterocycles. The van der Waals surface area contributed by atoms with Gasteiger partial charge < -0.3 is 115 Å². The number of hydrogen-bond acceptors (Lipinski definition) is 33. The first-order valence-corrected chi connectivity index (χ1v) is 50.6. The number of rotatable bonds is 61. The number of nitrogens with one attached hydrogen (secondary N) is 15. The highest BCUT2D eigenvalue weighted by atomic mass is 33.1. The summed E-state index contributed by atoms with van der Waals surface area (Å²) in [5, 5.41) is 95.3. The maximum atomic E-state index is 15.5. The number of Topliss-reactive ketones (excluding diaryl/α,β-unsaturated/α-hetero) is 2. The van der Waals surface area contributed by atoms with Gasteiger partial charge in [-0.05, 0) is 174 Å². The third-order valence-electron chi connectivity index (χ3n) is 22.1. The second-order valence-corrected chi connectivity index (χ2v) is 39.7. The van der Waals surface area contributed by atoms with Crippen molar-refractivity contribution in [2.45, 2.75) is 232 Å². The number of aromatic hydroxyl groups is 1. The van der Waals surface area contributed by atoms with E-state index in [1.807, 2.05) is 27.7 Å². The molecule has 2 heterocycles. The van der Waals surface area contributed by atoms with Gasteiger partial charge in [-0.1, -0.05) is 107 Å². The number of guanidine groups is 2. The molecule has 50 heteroatoms. The van der Waals surface area contributed by atoms with E-state index in [1.54, 1.807) is 68.4 Å². The van der Waals surface area contributed by atoms with Crippen molar-refractivity contribution < 1.29 is 106 Å². The third-order valence-corrected chi connectivity index (χ3v) is 26.8. The smallest absolute Gasteiger partial charge is 0.330 e. The summed E-state index contributed by atoms with van der Waals surface area (Å²) in [4.78, 5) is 233. The number of nitrogens with zero attached hydrogens (tertiary/aromatic N) is 4. The zero-order valence-corrected chi connectivity index (χ0v) is 85.0. The van der Waals surface area contributed by atoms with E-state index in [-0.39, 0.29) is 182 Å². The number of nitrogens with two attached hydrogens (primary N) is 3. The van der Waals surface area contributed by atoms with Gasteiger partial charge in [0, 0.05) is 99.0 Å². The fourth-order valence-electron chi connectivity index (χ4n) is 15.0. The van der Waals surface area contributed by atoms with Gasteiger partial charge in [-0.2, -0.15) is 0 Å². The number of carbonyl (C=O) groups excluding carboxylic acids is 13. The van der Waals surface area contributed by atoms with E-state index in [0.29, 0.717) is 33.0 Å². The van der Waals surface area contributed by atoms with Crippen molar-refractivity contribution in [3.8, 4) is 28.7 Å². The zero-order valence-electron chi connectivity index (χ0n) is 81.8. The third kappa shape index (κ3) is 39.3. The molecular weight excluding hydrogens is 1960 g/mol. The van der Waals surface area contributed by atoms with Crippen LogP contribution in [0.25, 0.3) is 0 Å². The number of methoxy groups -OCH3 is 3. The van der Waals surface area contributed by atoms with Crippen molar-refractivity contribution in [1.82, 2.24) is 79.1 Å². The molecule has 10 amide bonds. The van der Waals surface area contributed by atoms with E-state index in [4.69, 9.17) is 47.0 Å². The van der Waals surface area contributed by atoms with E-state index < -0.39 is 185 Å². The monoisotopic (exact) mass is 2090 g/mol. The number of benzene rings is 4. The van der Waals surface area contributed by atoms with E-state index in [2.05, 4.69) is 79.1 Å². The van der Waals surface area contributed by atoms with E-state index in [1.165, 1.54) is 95.2 Å². The summed E-state index contributed by atoms with van der Waals surface area (Å²) >= 11 is 0. The second-order valence-electron chi connectivity index (χ2n) is 35.4. The highest BCUT2D eigenvalue weighted by molar-refractivity contribution is 8.77. The minimum absolute atomic E-state index is 0.0247. The first-order chi connectivity index (χ1) is 68.9. The quantitative estimate of drug-likeness (QED) is 0.00213. The molecule has 7 rings (SSSR count). The zero-order chi connectivity index (χ0) is 107. The van der Waals surface area contributed by atoms with Crippen LogP contribution in [-0.4, -0.2) is 226 Å². The molecule has 23 N–H and O–H groups in total. The summed E-state index contributed by atoms with van der Waals surface area (Å²) in [6, 6.07) is 11.8. The number of nitro groups is 2. The molecule has 46 nitrogen and oxygen atoms in total. The Bertz CT molecular complexity index is 5610. The van der Waals surface area contributed by atoms with Crippen LogP contribution >= 0.6 is 43.2 Å². The molecule has 0 spiro atoms. The molecule has 9 atom stereocenters. The van der Waals surface area contributed by atoms with Gasteiger partial charge in [0.15, 0.2) is 45.0 Å². The Hall–Kier alpha value is -14.4. The summed E-state index contributed by atoms with van der Waals surface area (Å²) in [6.45, 7) is 11.4. The molecule has 784 valence electrons. The summed E-state index contributed by atoms with van der Waals surface area (Å²) < 4.78 is 22.8. The van der Waals surface area contributed by atoms with Crippen molar-refractivity contribution in [3.05, 3.63) is 170 Å². The molecule has 1 aliphatic rings. The van der Waals surface area contributed by atoms with Crippen molar-refractivity contribution in [2.75, 3.05) is 47.5 Å². The molecule has 1 saturated carbocycles. The summed E-state index contributed by atoms with van der Waals surface area (Å²) in [5.41, 5.74) is 17.3. The van der Waals surface area contributed by atoms with Crippen LogP contribution in [0.2, 0.25) is 0 Å². The number of unbranched alkanes of at least 4 members (excludes halogenated alkanes) is 1. The molecule has 0 saturated heterocycles. The van der Waals surface area contributed by atoms with Gasteiger partial charge in [0.25, 0.3) is 0 Å². The number of aromatic nitrogens is 2. The molecule has 1 fully saturated rings. The average Bonchev–Trinajstić information content (AvgIpc) is 0.787. The number of ketones is 2. The Balaban J connectivity index is 1.17. The number of ether oxygens (including phenoxy) is 4. The Morgan fingerprint density at radius 3 is 1.45 bits per heavy atom. The normalized spacial score (nSPS) is 13.9. The second kappa shape index (κ2) is 59.0. The molecule has 4 unspecified atom stereocenters. The van der Waals surface area contributed by atoms with Crippen LogP contribution in [0.3, 0.4) is 0 Å². The Labute approximate surface area is 852 Å². The number of carbonyl (C=O) groups is 14. The highest BCUT2D eigenvalue weighted by Gasteiger charge is 2.41. The van der Waals surface area contributed by atoms with Gasteiger partial charge in [-0.15, -0.1) is 0 Å². The van der Waals surface area contributed by atoms with Gasteiger partial charge in [0.2, 0.25) is 64.8 Å². The number of carboxylic acids is 1. The number of phenolic OH excluding ortho intramolecular Hbond substituents is 1. The highest BCUT2D eigenvalue weighted by Crippen LogP contribution is 2.50. The van der Waals surface area contributed by atoms with Gasteiger partial charge >= 0.3 is 23.3 Å². The van der Waals surface area contributed by atoms with Gasteiger partial charge in [0.1, 0.15) is 66.4 Å². The molecule has 6 aromatic rings. The maximum absolute atomic E-state index is 15.5. The number of aliphatic carboxylic acids is 1. The van der Waals surface area contributed by atoms with E-state index >= 15 is 28.8 Å². The van der Waals surface area contributed by atoms with E-state index in [9.17, 15) is 68.8 Å². The Morgan fingerprint density at radius 2 is 0.945 bits per heavy atom. The maximum Gasteiger partial charge on any atom is 0.330 e. The average molecular weight is 2090 g/mol. The van der Waals surface area contributed by atoms with Crippen molar-refractivity contribution in [1.29, 1.82) is 10.8 Å². The molecule has 1 aliphatic carbocycles. The standard InChI is InChI=1S/C95H126N22O24S4/c1-52(2)42-63(79-70(119)48-95(6,7)49-71(79)120)101-37-17-16-24-60(110-86(129)62(35-36-76(96)121)108-82(125)54(5)106-50-58-75(47-73(138-8)81(140-10)80(58)139-9)143-145-92-69(117(136)137)28-21-39-103-92)84(127)113-66(45-56-31-33-57(118)34-32-56)88(131)111-61(26-19-41-105-94(99)100)85(128)115-67(46-77(122)123)90(133)114-65(44-55-22-12-11-13-23-55)89(132)112-64(43-53(3)4)87(130)109-59(25-18-40-104-93(97)98)83(126)107-51-78(124)141-72-29-14-15-30-74(72)142-144-91-68(116(134)135)27-20-38-102-91/h11-15,20-23,27-34,38-39,47,52-54,59-62,64-67,101,106,118H,16-19,24-26,35-37,40-46,48-51H2,1-10H3,(H2,96,121)(H,107,126)(H,108,125)(H,109,130)(H,110,129)(H,111,131)(H,112,132)(H,113,127)(H,114,133)(H,115,128)(H,122,123)(H4,97,98,104)(H4,99,100,105)/t54?,59?,60-,61?,62-,64-,65?,66-,67-/m0/s1. The van der Waals surface area contributed by atoms with Crippen LogP contribution in [-0.2, 0) is 86.5 Å². The minimum atomic E-state index is -2.10. The first kappa shape index (κ1) is 118. The Morgan fingerprint density at radius 1 is 0.490 bits per heavy atom.